The number of nitrogens with zero attached hydrogens (tertiary/aromatic N) is 2. The van der Waals surface area contributed by atoms with Crippen LogP contribution in [0.5, 0.6) is 0 Å². The van der Waals surface area contributed by atoms with E-state index in [1.807, 2.05) is 47.4 Å². The summed E-state index contributed by atoms with van der Waals surface area (Å²) in [5, 5.41) is 6.81. The van der Waals surface area contributed by atoms with E-state index in [4.69, 9.17) is 4.52 Å². The molecular formula is C22H21N3O3. The highest BCUT2D eigenvalue weighted by Crippen LogP contribution is 2.23. The van der Waals surface area contributed by atoms with Gasteiger partial charge in [0.1, 0.15) is 17.5 Å². The summed E-state index contributed by atoms with van der Waals surface area (Å²) in [6.45, 7) is 1.71. The molecule has 1 N–H and O–H groups in total. The van der Waals surface area contributed by atoms with Crippen molar-refractivity contribution in [3.05, 3.63) is 72.0 Å². The first-order chi connectivity index (χ1) is 13.7. The maximum Gasteiger partial charge on any atom is 0.261 e. The van der Waals surface area contributed by atoms with Crippen molar-refractivity contribution >= 4 is 17.5 Å². The van der Waals surface area contributed by atoms with Crippen molar-refractivity contribution in [3.8, 4) is 11.3 Å². The Morgan fingerprint density at radius 3 is 2.43 bits per heavy atom. The third kappa shape index (κ3) is 3.96. The Bertz CT molecular complexity index is 958. The normalized spacial score (nSPS) is 13.5. The largest absolute Gasteiger partial charge is 0.363 e. The molecule has 0 atom stereocenters. The molecule has 0 radical (unpaired) electrons. The first kappa shape index (κ1) is 18.0. The van der Waals surface area contributed by atoms with E-state index in [0.717, 1.165) is 37.1 Å². The molecule has 0 bridgehead atoms. The standard InChI is InChI=1S/C22H21N3O3/c26-20(25-12-4-5-13-25)14-16-8-10-18(11-9-16)23-22(27)19-15-28-24-21(19)17-6-2-1-3-7-17/h1-3,6-11,15H,4-5,12-14H2,(H,23,27). The first-order valence-electron chi connectivity index (χ1n) is 9.38. The Labute approximate surface area is 163 Å². The minimum atomic E-state index is -0.291. The van der Waals surface area contributed by atoms with Gasteiger partial charge in [0.15, 0.2) is 0 Å². The van der Waals surface area contributed by atoms with Crippen LogP contribution >= 0.6 is 0 Å². The van der Waals surface area contributed by atoms with Gasteiger partial charge in [0.05, 0.1) is 6.42 Å². The number of nitrogens with one attached hydrogen (secondary N) is 1. The van der Waals surface area contributed by atoms with Gasteiger partial charge in [0.2, 0.25) is 5.91 Å². The summed E-state index contributed by atoms with van der Waals surface area (Å²) >= 11 is 0. The highest BCUT2D eigenvalue weighted by atomic mass is 16.5. The van der Waals surface area contributed by atoms with Crippen LogP contribution < -0.4 is 5.32 Å². The Morgan fingerprint density at radius 2 is 1.71 bits per heavy atom. The second-order valence-corrected chi connectivity index (χ2v) is 6.86. The molecule has 6 nitrogen and oxygen atoms in total. The predicted molar refractivity (Wildman–Crippen MR) is 106 cm³/mol. The fourth-order valence-electron chi connectivity index (χ4n) is 3.36. The van der Waals surface area contributed by atoms with Crippen LogP contribution in [0.2, 0.25) is 0 Å². The minimum Gasteiger partial charge on any atom is -0.363 e. The number of hydrogen-bond donors (Lipinski definition) is 1. The Balaban J connectivity index is 1.42. The van der Waals surface area contributed by atoms with Crippen molar-refractivity contribution in [1.29, 1.82) is 0 Å². The zero-order chi connectivity index (χ0) is 19.3. The molecule has 2 aromatic carbocycles. The third-order valence-corrected chi connectivity index (χ3v) is 4.89. The number of amides is 2. The summed E-state index contributed by atoms with van der Waals surface area (Å²) in [4.78, 5) is 26.8. The predicted octanol–water partition coefficient (Wildman–Crippen LogP) is 3.76. The van der Waals surface area contributed by atoms with Gasteiger partial charge in [0, 0.05) is 24.3 Å². The molecule has 0 aliphatic carbocycles. The zero-order valence-corrected chi connectivity index (χ0v) is 15.4. The monoisotopic (exact) mass is 375 g/mol. The van der Waals surface area contributed by atoms with Crippen LogP contribution in [-0.4, -0.2) is 35.0 Å². The summed E-state index contributed by atoms with van der Waals surface area (Å²) in [7, 11) is 0. The van der Waals surface area contributed by atoms with Gasteiger partial charge >= 0.3 is 0 Å². The fraction of sp³-hybridized carbons (Fsp3) is 0.227. The van der Waals surface area contributed by atoms with Crippen molar-refractivity contribution < 1.29 is 14.1 Å². The van der Waals surface area contributed by atoms with Crippen molar-refractivity contribution in [2.24, 2.45) is 0 Å². The number of anilines is 1. The maximum atomic E-state index is 12.6. The molecule has 6 heteroatoms. The number of carbonyl (C=O) groups excluding carboxylic acids is 2. The van der Waals surface area contributed by atoms with E-state index in [-0.39, 0.29) is 11.8 Å². The smallest absolute Gasteiger partial charge is 0.261 e. The Morgan fingerprint density at radius 1 is 1.00 bits per heavy atom. The highest BCUT2D eigenvalue weighted by Gasteiger charge is 2.19. The molecule has 1 aliphatic heterocycles. The molecule has 2 heterocycles. The van der Waals surface area contributed by atoms with Gasteiger partial charge in [0.25, 0.3) is 5.91 Å². The van der Waals surface area contributed by atoms with Gasteiger partial charge < -0.3 is 14.7 Å². The quantitative estimate of drug-likeness (QED) is 0.737. The van der Waals surface area contributed by atoms with Crippen LogP contribution in [0.4, 0.5) is 5.69 Å². The van der Waals surface area contributed by atoms with Crippen molar-refractivity contribution in [1.82, 2.24) is 10.1 Å². The van der Waals surface area contributed by atoms with E-state index in [9.17, 15) is 9.59 Å². The summed E-state index contributed by atoms with van der Waals surface area (Å²) in [6.07, 6.45) is 3.91. The van der Waals surface area contributed by atoms with E-state index in [1.165, 1.54) is 6.26 Å². The molecule has 1 fully saturated rings. The van der Waals surface area contributed by atoms with E-state index >= 15 is 0 Å². The van der Waals surface area contributed by atoms with Crippen LogP contribution in [0.25, 0.3) is 11.3 Å². The lowest BCUT2D eigenvalue weighted by Crippen LogP contribution is -2.29. The second kappa shape index (κ2) is 8.08. The lowest BCUT2D eigenvalue weighted by molar-refractivity contribution is -0.129. The molecular weight excluding hydrogens is 354 g/mol. The zero-order valence-electron chi connectivity index (χ0n) is 15.4. The van der Waals surface area contributed by atoms with Gasteiger partial charge in [-0.05, 0) is 30.5 Å². The molecule has 4 rings (SSSR count). The number of aromatic nitrogens is 1. The van der Waals surface area contributed by atoms with Crippen LogP contribution in [0, 0.1) is 0 Å². The highest BCUT2D eigenvalue weighted by molar-refractivity contribution is 6.07. The first-order valence-corrected chi connectivity index (χ1v) is 9.38. The maximum absolute atomic E-state index is 12.6. The average molecular weight is 375 g/mol. The van der Waals surface area contributed by atoms with Crippen molar-refractivity contribution in [3.63, 3.8) is 0 Å². The molecule has 142 valence electrons. The van der Waals surface area contributed by atoms with Crippen LogP contribution in [0.3, 0.4) is 0 Å². The summed E-state index contributed by atoms with van der Waals surface area (Å²) in [5.74, 6) is -0.132. The fourth-order valence-corrected chi connectivity index (χ4v) is 3.36. The van der Waals surface area contributed by atoms with Gasteiger partial charge in [-0.25, -0.2) is 0 Å². The van der Waals surface area contributed by atoms with Crippen LogP contribution in [0.1, 0.15) is 28.8 Å². The molecule has 1 saturated heterocycles. The molecule has 1 aliphatic rings. The average Bonchev–Trinajstić information content (AvgIpc) is 3.42. The molecule has 0 saturated carbocycles. The summed E-state index contributed by atoms with van der Waals surface area (Å²) in [5.41, 5.74) is 3.29. The van der Waals surface area contributed by atoms with Crippen molar-refractivity contribution in [2.75, 3.05) is 18.4 Å². The van der Waals surface area contributed by atoms with E-state index < -0.39 is 0 Å². The van der Waals surface area contributed by atoms with E-state index in [1.54, 1.807) is 12.1 Å². The summed E-state index contributed by atoms with van der Waals surface area (Å²) in [6, 6.07) is 16.8. The van der Waals surface area contributed by atoms with Gasteiger partial charge in [-0.2, -0.15) is 0 Å². The van der Waals surface area contributed by atoms with Crippen molar-refractivity contribution in [2.45, 2.75) is 19.3 Å². The Kier molecular flexibility index (Phi) is 5.19. The number of carbonyl (C=O) groups is 2. The van der Waals surface area contributed by atoms with Crippen LogP contribution in [-0.2, 0) is 11.2 Å². The van der Waals surface area contributed by atoms with E-state index in [2.05, 4.69) is 10.5 Å². The second-order valence-electron chi connectivity index (χ2n) is 6.86. The molecule has 3 aromatic rings. The molecule has 0 unspecified atom stereocenters. The molecule has 1 aromatic heterocycles. The topological polar surface area (TPSA) is 75.4 Å². The van der Waals surface area contributed by atoms with Gasteiger partial charge in [-0.1, -0.05) is 47.6 Å². The lowest BCUT2D eigenvalue weighted by atomic mass is 10.1. The SMILES string of the molecule is O=C(Nc1ccc(CC(=O)N2CCCC2)cc1)c1conc1-c1ccccc1. The van der Waals surface area contributed by atoms with Crippen LogP contribution in [0.15, 0.2) is 65.4 Å². The lowest BCUT2D eigenvalue weighted by Gasteiger charge is -2.15. The number of hydrogen-bond acceptors (Lipinski definition) is 4. The van der Waals surface area contributed by atoms with E-state index in [0.29, 0.717) is 23.4 Å². The Hall–Kier alpha value is -3.41. The third-order valence-electron chi connectivity index (χ3n) is 4.89. The number of rotatable bonds is 5. The molecule has 2 amide bonds. The number of benzene rings is 2. The minimum absolute atomic E-state index is 0.159. The van der Waals surface area contributed by atoms with Gasteiger partial charge in [-0.15, -0.1) is 0 Å². The molecule has 28 heavy (non-hydrogen) atoms. The molecule has 0 spiro atoms. The summed E-state index contributed by atoms with van der Waals surface area (Å²) < 4.78 is 5.02. The van der Waals surface area contributed by atoms with Gasteiger partial charge in [-0.3, -0.25) is 9.59 Å². The number of likely N-dealkylation sites (tertiary alicyclic amines) is 1.